The number of carbonyl (C=O) groups is 3. The SMILES string of the molecule is Nc1ccc2c3c(cccc13)C(=O)N(CCCCCC(=O)Nc1ccc([As]3SCCCS3)cc1)C2=O. The van der Waals surface area contributed by atoms with E-state index in [1.165, 1.54) is 27.2 Å². The van der Waals surface area contributed by atoms with Crippen LogP contribution in [0.2, 0.25) is 0 Å². The van der Waals surface area contributed by atoms with Crippen LogP contribution < -0.4 is 15.4 Å². The zero-order valence-corrected chi connectivity index (χ0v) is 23.4. The molecule has 3 amide bonds. The Morgan fingerprint density at radius 2 is 1.64 bits per heavy atom. The van der Waals surface area contributed by atoms with Gasteiger partial charge in [0.1, 0.15) is 0 Å². The van der Waals surface area contributed by atoms with Gasteiger partial charge in [0, 0.05) is 27.6 Å². The molecule has 1 fully saturated rings. The molecular weight excluding hydrogens is 553 g/mol. The molecule has 0 radical (unpaired) electrons. The summed E-state index contributed by atoms with van der Waals surface area (Å²) in [6.07, 6.45) is 3.82. The molecule has 2 aliphatic heterocycles. The second kappa shape index (κ2) is 11.3. The molecule has 0 aliphatic carbocycles. The molecule has 0 saturated carbocycles. The molecular formula is C27H28AsN3O3S2. The number of nitrogens with one attached hydrogen (secondary N) is 1. The molecule has 0 bridgehead atoms. The average molecular weight is 582 g/mol. The Labute approximate surface area is 222 Å². The molecule has 0 atom stereocenters. The maximum atomic E-state index is 13.0. The predicted octanol–water partition coefficient (Wildman–Crippen LogP) is 4.78. The monoisotopic (exact) mass is 581 g/mol. The quantitative estimate of drug-likeness (QED) is 0.172. The summed E-state index contributed by atoms with van der Waals surface area (Å²) in [7, 11) is 4.26. The van der Waals surface area contributed by atoms with Gasteiger partial charge in [-0.1, -0.05) is 12.1 Å². The average Bonchev–Trinajstić information content (AvgIpc) is 2.90. The number of nitrogens with two attached hydrogens (primary N) is 1. The van der Waals surface area contributed by atoms with Gasteiger partial charge in [-0.3, -0.25) is 9.59 Å². The van der Waals surface area contributed by atoms with Gasteiger partial charge in [0.05, 0.1) is 0 Å². The summed E-state index contributed by atoms with van der Waals surface area (Å²) in [5.74, 6) is 1.97. The van der Waals surface area contributed by atoms with Crippen LogP contribution in [0, 0.1) is 0 Å². The Morgan fingerprint density at radius 1 is 0.917 bits per heavy atom. The number of carbonyl (C=O) groups excluding carboxylic acids is 3. The summed E-state index contributed by atoms with van der Waals surface area (Å²) in [5.41, 5.74) is 8.48. The van der Waals surface area contributed by atoms with E-state index in [4.69, 9.17) is 5.73 Å². The van der Waals surface area contributed by atoms with Crippen molar-refractivity contribution < 1.29 is 14.4 Å². The Bertz CT molecular complexity index is 1290. The molecule has 186 valence electrons. The van der Waals surface area contributed by atoms with Crippen LogP contribution in [-0.2, 0) is 4.79 Å². The summed E-state index contributed by atoms with van der Waals surface area (Å²) < 4.78 is 1.44. The fourth-order valence-electron chi connectivity index (χ4n) is 4.53. The van der Waals surface area contributed by atoms with Crippen LogP contribution in [0.3, 0.4) is 0 Å². The number of nitrogen functional groups attached to an aromatic ring is 1. The van der Waals surface area contributed by atoms with Gasteiger partial charge in [0.25, 0.3) is 11.8 Å². The molecule has 6 nitrogen and oxygen atoms in total. The van der Waals surface area contributed by atoms with Gasteiger partial charge in [-0.05, 0) is 18.2 Å². The molecule has 0 spiro atoms. The number of imide groups is 1. The fourth-order valence-corrected chi connectivity index (χ4v) is 17.6. The van der Waals surface area contributed by atoms with E-state index in [0.717, 1.165) is 17.5 Å². The second-order valence-corrected chi connectivity index (χ2v) is 20.6. The van der Waals surface area contributed by atoms with Crippen LogP contribution in [0.15, 0.2) is 54.6 Å². The summed E-state index contributed by atoms with van der Waals surface area (Å²) in [6.45, 7) is 0.336. The molecule has 0 aromatic heterocycles. The first-order valence-corrected chi connectivity index (χ1v) is 19.6. The molecule has 3 aromatic rings. The maximum Gasteiger partial charge on any atom is 0.261 e. The van der Waals surface area contributed by atoms with Crippen molar-refractivity contribution >= 4 is 76.6 Å². The first kappa shape index (κ1) is 25.2. The van der Waals surface area contributed by atoms with Crippen molar-refractivity contribution in [2.24, 2.45) is 0 Å². The van der Waals surface area contributed by atoms with Gasteiger partial charge in [-0.15, -0.1) is 0 Å². The van der Waals surface area contributed by atoms with Gasteiger partial charge in [-0.2, -0.15) is 0 Å². The topological polar surface area (TPSA) is 92.5 Å². The molecule has 9 heteroatoms. The number of amides is 3. The summed E-state index contributed by atoms with van der Waals surface area (Å²) in [4.78, 5) is 39.8. The van der Waals surface area contributed by atoms with Crippen molar-refractivity contribution in [1.29, 1.82) is 0 Å². The van der Waals surface area contributed by atoms with Crippen LogP contribution in [-0.4, -0.2) is 53.0 Å². The predicted molar refractivity (Wildman–Crippen MR) is 152 cm³/mol. The molecule has 36 heavy (non-hydrogen) atoms. The Kier molecular flexibility index (Phi) is 7.94. The maximum absolute atomic E-state index is 13.0. The standard InChI is InChI=1S/C27H28AsN3O3S2/c29-23-14-13-22-25-20(23)6-4-7-21(25)26(33)31(27(22)34)15-3-1-2-8-24(32)30-19-11-9-18(10-12-19)28-35-16-5-17-36-28/h4,6-7,9-14H,1-3,5,8,15-17,29H2,(H,30,32). The van der Waals surface area contributed by atoms with Gasteiger partial charge in [-0.25, -0.2) is 0 Å². The third-order valence-corrected chi connectivity index (χ3v) is 20.0. The van der Waals surface area contributed by atoms with E-state index >= 15 is 0 Å². The molecule has 2 aliphatic rings. The van der Waals surface area contributed by atoms with E-state index in [9.17, 15) is 14.4 Å². The van der Waals surface area contributed by atoms with Crippen LogP contribution in [0.1, 0.15) is 52.8 Å². The van der Waals surface area contributed by atoms with E-state index in [-0.39, 0.29) is 17.7 Å². The van der Waals surface area contributed by atoms with E-state index in [0.29, 0.717) is 48.0 Å². The van der Waals surface area contributed by atoms with Crippen LogP contribution in [0.25, 0.3) is 10.8 Å². The number of benzene rings is 3. The third kappa shape index (κ3) is 5.31. The summed E-state index contributed by atoms with van der Waals surface area (Å²) in [5, 5.41) is 4.37. The minimum Gasteiger partial charge on any atom is -0.269 e. The number of nitrogens with zero attached hydrogens (tertiary/aromatic N) is 1. The van der Waals surface area contributed by atoms with E-state index in [1.54, 1.807) is 24.3 Å². The number of unbranched alkanes of at least 4 members (excludes halogenated alkanes) is 2. The van der Waals surface area contributed by atoms with Crippen molar-refractivity contribution in [3.05, 3.63) is 65.7 Å². The number of anilines is 2. The van der Waals surface area contributed by atoms with Crippen molar-refractivity contribution in [1.82, 2.24) is 4.90 Å². The Morgan fingerprint density at radius 3 is 2.39 bits per heavy atom. The van der Waals surface area contributed by atoms with Crippen LogP contribution in [0.5, 0.6) is 0 Å². The summed E-state index contributed by atoms with van der Waals surface area (Å²) in [6, 6.07) is 17.2. The van der Waals surface area contributed by atoms with Gasteiger partial charge < -0.3 is 5.73 Å². The number of hydrogen-bond acceptors (Lipinski definition) is 6. The zero-order valence-electron chi connectivity index (χ0n) is 19.9. The molecule has 5 rings (SSSR count). The second-order valence-electron chi connectivity index (χ2n) is 8.88. The van der Waals surface area contributed by atoms with Gasteiger partial charge in [0.15, 0.2) is 0 Å². The summed E-state index contributed by atoms with van der Waals surface area (Å²) >= 11 is -1.03. The first-order chi connectivity index (χ1) is 17.5. The molecule has 1 saturated heterocycles. The minimum atomic E-state index is -1.03. The Balaban J connectivity index is 1.09. The van der Waals surface area contributed by atoms with Crippen molar-refractivity contribution in [2.45, 2.75) is 32.1 Å². The van der Waals surface area contributed by atoms with E-state index < -0.39 is 12.3 Å². The Hall–Kier alpha value is -2.41. The molecule has 0 unspecified atom stereocenters. The number of hydrogen-bond donors (Lipinski definition) is 2. The van der Waals surface area contributed by atoms with Crippen LogP contribution >= 0.6 is 20.0 Å². The van der Waals surface area contributed by atoms with Crippen molar-refractivity contribution in [3.63, 3.8) is 0 Å². The first-order valence-electron chi connectivity index (χ1n) is 12.2. The van der Waals surface area contributed by atoms with E-state index in [1.807, 2.05) is 18.2 Å². The number of rotatable bonds is 8. The largest absolute Gasteiger partial charge is 0.269 e. The third-order valence-electron chi connectivity index (χ3n) is 6.38. The van der Waals surface area contributed by atoms with E-state index in [2.05, 4.69) is 37.5 Å². The van der Waals surface area contributed by atoms with Crippen LogP contribution in [0.4, 0.5) is 11.4 Å². The van der Waals surface area contributed by atoms with Crippen molar-refractivity contribution in [3.8, 4) is 0 Å². The van der Waals surface area contributed by atoms with Gasteiger partial charge >= 0.3 is 138 Å². The molecule has 3 aromatic carbocycles. The normalized spacial score (nSPS) is 15.9. The molecule has 3 N–H and O–H groups in total. The molecule has 2 heterocycles. The van der Waals surface area contributed by atoms with Gasteiger partial charge in [0.2, 0.25) is 0 Å². The van der Waals surface area contributed by atoms with Crippen molar-refractivity contribution in [2.75, 3.05) is 29.1 Å². The zero-order chi connectivity index (χ0) is 25.1. The fraction of sp³-hybridized carbons (Fsp3) is 0.296. The smallest absolute Gasteiger partial charge is 0.261 e. The minimum absolute atomic E-state index is 0.00894.